The van der Waals surface area contributed by atoms with Crippen LogP contribution in [0.5, 0.6) is 11.5 Å². The summed E-state index contributed by atoms with van der Waals surface area (Å²) in [4.78, 5) is 17.0. The van der Waals surface area contributed by atoms with Crippen LogP contribution in [0.4, 0.5) is 0 Å². The van der Waals surface area contributed by atoms with Crippen LogP contribution in [0.15, 0.2) is 18.2 Å². The molecule has 1 aromatic carbocycles. The van der Waals surface area contributed by atoms with Gasteiger partial charge in [-0.05, 0) is 44.5 Å². The van der Waals surface area contributed by atoms with Crippen molar-refractivity contribution in [3.63, 3.8) is 0 Å². The predicted octanol–water partition coefficient (Wildman–Crippen LogP) is 1.71. The van der Waals surface area contributed by atoms with E-state index in [0.717, 1.165) is 19.5 Å². The van der Waals surface area contributed by atoms with Crippen molar-refractivity contribution in [1.29, 1.82) is 0 Å². The van der Waals surface area contributed by atoms with E-state index in [1.807, 2.05) is 4.90 Å². The summed E-state index contributed by atoms with van der Waals surface area (Å²) in [5, 5.41) is 9.84. The summed E-state index contributed by atoms with van der Waals surface area (Å²) >= 11 is 0. The van der Waals surface area contributed by atoms with Crippen LogP contribution in [0.25, 0.3) is 0 Å². The maximum absolute atomic E-state index is 12.6. The molecule has 21 heavy (non-hydrogen) atoms. The molecule has 2 aliphatic heterocycles. The first-order valence-corrected chi connectivity index (χ1v) is 7.48. The maximum atomic E-state index is 12.6. The second-order valence-corrected chi connectivity index (χ2v) is 5.98. The molecule has 0 aliphatic carbocycles. The Kier molecular flexibility index (Phi) is 3.76. The number of phenolic OH excluding ortho intramolecular Hbond substituents is 1. The molecule has 5 heteroatoms. The van der Waals surface area contributed by atoms with Crippen LogP contribution in [-0.2, 0) is 0 Å². The zero-order valence-corrected chi connectivity index (χ0v) is 12.6. The number of ether oxygens (including phenoxy) is 1. The standard InChI is InChI=1S/C16H22N2O3/c1-17-12-4-5-13(17)10-18(8-7-12)16(20)11-3-6-15(21-2)14(19)9-11/h3,6,9,12-13,19H,4-5,7-8,10H2,1-2H3. The number of likely N-dealkylation sites (N-methyl/N-ethyl adjacent to an activating group) is 1. The third-order valence-electron chi connectivity index (χ3n) is 4.86. The Morgan fingerprint density at radius 1 is 1.29 bits per heavy atom. The summed E-state index contributed by atoms with van der Waals surface area (Å²) in [6.45, 7) is 1.57. The van der Waals surface area contributed by atoms with Gasteiger partial charge in [-0.1, -0.05) is 0 Å². The van der Waals surface area contributed by atoms with E-state index in [2.05, 4.69) is 11.9 Å². The minimum absolute atomic E-state index is 0.00565. The maximum Gasteiger partial charge on any atom is 0.254 e. The monoisotopic (exact) mass is 290 g/mol. The van der Waals surface area contributed by atoms with E-state index in [4.69, 9.17) is 4.74 Å². The fraction of sp³-hybridized carbons (Fsp3) is 0.562. The fourth-order valence-corrected chi connectivity index (χ4v) is 3.50. The lowest BCUT2D eigenvalue weighted by atomic mass is 10.1. The molecule has 2 saturated heterocycles. The lowest BCUT2D eigenvalue weighted by Gasteiger charge is -2.26. The molecule has 5 nitrogen and oxygen atoms in total. The number of hydrogen-bond acceptors (Lipinski definition) is 4. The molecule has 0 saturated carbocycles. The smallest absolute Gasteiger partial charge is 0.254 e. The third kappa shape index (κ3) is 2.58. The average Bonchev–Trinajstić information content (AvgIpc) is 2.71. The first-order chi connectivity index (χ1) is 10.1. The number of benzene rings is 1. The molecular formula is C16H22N2O3. The van der Waals surface area contributed by atoms with E-state index in [9.17, 15) is 9.90 Å². The lowest BCUT2D eigenvalue weighted by Crippen LogP contribution is -2.39. The van der Waals surface area contributed by atoms with Crippen LogP contribution in [0, 0.1) is 0 Å². The van der Waals surface area contributed by atoms with E-state index < -0.39 is 0 Å². The van der Waals surface area contributed by atoms with Gasteiger partial charge in [0.2, 0.25) is 0 Å². The summed E-state index contributed by atoms with van der Waals surface area (Å²) in [6.07, 6.45) is 3.44. The highest BCUT2D eigenvalue weighted by atomic mass is 16.5. The van der Waals surface area contributed by atoms with Gasteiger partial charge >= 0.3 is 0 Å². The van der Waals surface area contributed by atoms with E-state index in [0.29, 0.717) is 23.4 Å². The van der Waals surface area contributed by atoms with Crippen LogP contribution in [0.2, 0.25) is 0 Å². The molecule has 0 radical (unpaired) electrons. The Balaban J connectivity index is 1.77. The number of carbonyl (C=O) groups is 1. The largest absolute Gasteiger partial charge is 0.504 e. The Bertz CT molecular complexity index is 546. The van der Waals surface area contributed by atoms with Crippen molar-refractivity contribution in [2.75, 3.05) is 27.2 Å². The Morgan fingerprint density at radius 2 is 2.05 bits per heavy atom. The van der Waals surface area contributed by atoms with E-state index in [1.165, 1.54) is 26.0 Å². The summed E-state index contributed by atoms with van der Waals surface area (Å²) in [6, 6.07) is 5.92. The van der Waals surface area contributed by atoms with Gasteiger partial charge in [-0.15, -0.1) is 0 Å². The molecule has 2 aliphatic rings. The summed E-state index contributed by atoms with van der Waals surface area (Å²) in [5.74, 6) is 0.395. The van der Waals surface area contributed by atoms with Crippen LogP contribution < -0.4 is 4.74 Å². The number of likely N-dealkylation sites (tertiary alicyclic amines) is 1. The topological polar surface area (TPSA) is 53.0 Å². The molecule has 1 aromatic rings. The molecule has 2 heterocycles. The van der Waals surface area contributed by atoms with Crippen molar-refractivity contribution < 1.29 is 14.6 Å². The zero-order chi connectivity index (χ0) is 15.0. The number of hydrogen-bond donors (Lipinski definition) is 1. The highest BCUT2D eigenvalue weighted by Gasteiger charge is 2.36. The fourth-order valence-electron chi connectivity index (χ4n) is 3.50. The van der Waals surface area contributed by atoms with Gasteiger partial charge in [0.1, 0.15) is 0 Å². The number of nitrogens with zero attached hydrogens (tertiary/aromatic N) is 2. The van der Waals surface area contributed by atoms with Crippen molar-refractivity contribution in [3.8, 4) is 11.5 Å². The molecule has 2 fully saturated rings. The highest BCUT2D eigenvalue weighted by Crippen LogP contribution is 2.30. The molecule has 2 unspecified atom stereocenters. The van der Waals surface area contributed by atoms with Gasteiger partial charge in [0.25, 0.3) is 5.91 Å². The predicted molar refractivity (Wildman–Crippen MR) is 79.8 cm³/mol. The van der Waals surface area contributed by atoms with E-state index >= 15 is 0 Å². The molecule has 3 rings (SSSR count). The summed E-state index contributed by atoms with van der Waals surface area (Å²) < 4.78 is 5.02. The van der Waals surface area contributed by atoms with Gasteiger partial charge in [0.15, 0.2) is 11.5 Å². The Hall–Kier alpha value is -1.75. The minimum atomic E-state index is -0.00565. The van der Waals surface area contributed by atoms with Gasteiger partial charge in [-0.3, -0.25) is 9.69 Å². The lowest BCUT2D eigenvalue weighted by molar-refractivity contribution is 0.0739. The molecule has 1 amide bonds. The number of carbonyl (C=O) groups excluding carboxylic acids is 1. The molecule has 0 aromatic heterocycles. The SMILES string of the molecule is COc1ccc(C(=O)N2CCC3CCC(C2)N3C)cc1O. The van der Waals surface area contributed by atoms with Gasteiger partial charge in [-0.2, -0.15) is 0 Å². The van der Waals surface area contributed by atoms with E-state index in [-0.39, 0.29) is 11.7 Å². The van der Waals surface area contributed by atoms with Crippen molar-refractivity contribution in [3.05, 3.63) is 23.8 Å². The van der Waals surface area contributed by atoms with Crippen LogP contribution >= 0.6 is 0 Å². The first kappa shape index (κ1) is 14.2. The van der Waals surface area contributed by atoms with Gasteiger partial charge in [0.05, 0.1) is 7.11 Å². The number of rotatable bonds is 2. The molecule has 1 N–H and O–H groups in total. The second kappa shape index (κ2) is 5.56. The normalized spacial score (nSPS) is 25.7. The van der Waals surface area contributed by atoms with Gasteiger partial charge in [0, 0.05) is 30.7 Å². The summed E-state index contributed by atoms with van der Waals surface area (Å²) in [7, 11) is 3.66. The third-order valence-corrected chi connectivity index (χ3v) is 4.86. The molecule has 2 atom stereocenters. The van der Waals surface area contributed by atoms with Crippen molar-refractivity contribution >= 4 is 5.91 Å². The number of phenols is 1. The van der Waals surface area contributed by atoms with Crippen molar-refractivity contribution in [2.24, 2.45) is 0 Å². The number of aromatic hydroxyl groups is 1. The number of methoxy groups -OCH3 is 1. The quantitative estimate of drug-likeness (QED) is 0.901. The van der Waals surface area contributed by atoms with Crippen molar-refractivity contribution in [2.45, 2.75) is 31.3 Å². The van der Waals surface area contributed by atoms with Crippen LogP contribution in [0.1, 0.15) is 29.6 Å². The molecule has 0 spiro atoms. The van der Waals surface area contributed by atoms with Crippen LogP contribution in [-0.4, -0.2) is 60.1 Å². The van der Waals surface area contributed by atoms with Gasteiger partial charge < -0.3 is 14.7 Å². The number of amides is 1. The van der Waals surface area contributed by atoms with Gasteiger partial charge in [-0.25, -0.2) is 0 Å². The average molecular weight is 290 g/mol. The highest BCUT2D eigenvalue weighted by molar-refractivity contribution is 5.95. The second-order valence-electron chi connectivity index (χ2n) is 5.98. The minimum Gasteiger partial charge on any atom is -0.504 e. The zero-order valence-electron chi connectivity index (χ0n) is 12.6. The number of fused-ring (bicyclic) bond motifs is 2. The van der Waals surface area contributed by atoms with Crippen LogP contribution in [0.3, 0.4) is 0 Å². The Morgan fingerprint density at radius 3 is 2.76 bits per heavy atom. The Labute approximate surface area is 125 Å². The van der Waals surface area contributed by atoms with Crippen molar-refractivity contribution in [1.82, 2.24) is 9.80 Å². The molecular weight excluding hydrogens is 268 g/mol. The van der Waals surface area contributed by atoms with E-state index in [1.54, 1.807) is 12.1 Å². The first-order valence-electron chi connectivity index (χ1n) is 7.48. The summed E-state index contributed by atoms with van der Waals surface area (Å²) in [5.41, 5.74) is 0.522. The molecule has 2 bridgehead atoms. The molecule has 114 valence electrons.